The van der Waals surface area contributed by atoms with E-state index in [1.165, 1.54) is 6.07 Å². The molecule has 4 aromatic rings. The normalized spacial score (nSPS) is 10.9. The molecule has 0 spiro atoms. The van der Waals surface area contributed by atoms with Gasteiger partial charge in [0.2, 0.25) is 5.56 Å². The molecule has 0 radical (unpaired) electrons. The minimum atomic E-state index is -0.165. The summed E-state index contributed by atoms with van der Waals surface area (Å²) >= 11 is 7.08. The average molecular weight is 544 g/mol. The number of halogens is 3. The molecular weight excluding hydrogens is 530 g/mol. The third-order valence-corrected chi connectivity index (χ3v) is 5.23. The third kappa shape index (κ3) is 3.00. The highest BCUT2D eigenvalue weighted by molar-refractivity contribution is 9.11. The lowest BCUT2D eigenvalue weighted by Gasteiger charge is -2.09. The van der Waals surface area contributed by atoms with Crippen molar-refractivity contribution in [2.45, 2.75) is 6.92 Å². The Kier molecular flexibility index (Phi) is 5.28. The van der Waals surface area contributed by atoms with E-state index in [2.05, 4.69) is 36.8 Å². The molecule has 8 heteroatoms. The summed E-state index contributed by atoms with van der Waals surface area (Å²) in [6.45, 7) is 2.02. The zero-order valence-electron chi connectivity index (χ0n) is 13.8. The van der Waals surface area contributed by atoms with Crippen LogP contribution >= 0.6 is 48.8 Å². The van der Waals surface area contributed by atoms with Crippen LogP contribution in [0.5, 0.6) is 5.75 Å². The number of nitrogens with one attached hydrogen (secondary N) is 1. The highest BCUT2D eigenvalue weighted by Gasteiger charge is 2.17. The van der Waals surface area contributed by atoms with Crippen molar-refractivity contribution in [1.82, 2.24) is 14.4 Å². The Morgan fingerprint density at radius 1 is 1.19 bits per heavy atom. The summed E-state index contributed by atoms with van der Waals surface area (Å²) in [6.07, 6.45) is 1.99. The Bertz CT molecular complexity index is 1200. The van der Waals surface area contributed by atoms with Crippen LogP contribution in [0.1, 0.15) is 5.69 Å². The molecule has 0 fully saturated rings. The van der Waals surface area contributed by atoms with E-state index in [0.717, 1.165) is 36.9 Å². The van der Waals surface area contributed by atoms with Gasteiger partial charge in [0.05, 0.1) is 22.8 Å². The Labute approximate surface area is 176 Å². The van der Waals surface area contributed by atoms with Crippen molar-refractivity contribution in [2.24, 2.45) is 0 Å². The van der Waals surface area contributed by atoms with Gasteiger partial charge in [0.15, 0.2) is 5.65 Å². The molecule has 0 saturated heterocycles. The van der Waals surface area contributed by atoms with E-state index in [4.69, 9.17) is 9.72 Å². The monoisotopic (exact) mass is 541 g/mol. The van der Waals surface area contributed by atoms with Crippen LogP contribution < -0.4 is 10.3 Å². The van der Waals surface area contributed by atoms with E-state index >= 15 is 0 Å². The third-order valence-electron chi connectivity index (χ3n) is 4.21. The highest BCUT2D eigenvalue weighted by Crippen LogP contribution is 2.35. The molecule has 1 aromatic carbocycles. The fourth-order valence-corrected chi connectivity index (χ4v) is 4.31. The van der Waals surface area contributed by atoms with Crippen molar-refractivity contribution in [3.63, 3.8) is 0 Å². The smallest absolute Gasteiger partial charge is 0.248 e. The van der Waals surface area contributed by atoms with Gasteiger partial charge in [0.25, 0.3) is 0 Å². The van der Waals surface area contributed by atoms with Crippen molar-refractivity contribution in [1.29, 1.82) is 0 Å². The molecule has 0 bridgehead atoms. The predicted molar refractivity (Wildman–Crippen MR) is 116 cm³/mol. The van der Waals surface area contributed by atoms with Crippen molar-refractivity contribution in [2.75, 3.05) is 7.11 Å². The van der Waals surface area contributed by atoms with Gasteiger partial charge in [0.1, 0.15) is 5.75 Å². The second kappa shape index (κ2) is 7.17. The number of fused-ring (bicyclic) bond motifs is 2. The molecule has 0 unspecified atom stereocenters. The van der Waals surface area contributed by atoms with Gasteiger partial charge in [-0.2, -0.15) is 0 Å². The highest BCUT2D eigenvalue weighted by atomic mass is 79.9. The molecule has 3 heterocycles. The van der Waals surface area contributed by atoms with E-state index in [-0.39, 0.29) is 22.5 Å². The van der Waals surface area contributed by atoms with Crippen molar-refractivity contribution in [3.8, 4) is 17.0 Å². The van der Waals surface area contributed by atoms with Crippen LogP contribution in [0.25, 0.3) is 27.8 Å². The molecule has 134 valence electrons. The summed E-state index contributed by atoms with van der Waals surface area (Å²) in [4.78, 5) is 19.4. The largest absolute Gasteiger partial charge is 0.495 e. The van der Waals surface area contributed by atoms with E-state index in [0.29, 0.717) is 11.3 Å². The maximum atomic E-state index is 11.7. The van der Waals surface area contributed by atoms with E-state index in [1.807, 2.05) is 35.7 Å². The quantitative estimate of drug-likeness (QED) is 0.375. The number of methoxy groups -OCH3 is 1. The van der Waals surface area contributed by atoms with Crippen LogP contribution in [0.4, 0.5) is 0 Å². The molecule has 0 atom stereocenters. The van der Waals surface area contributed by atoms with E-state index in [1.54, 1.807) is 13.2 Å². The molecule has 0 aliphatic heterocycles. The van der Waals surface area contributed by atoms with Crippen molar-refractivity contribution in [3.05, 3.63) is 61.5 Å². The predicted octanol–water partition coefficient (Wildman–Crippen LogP) is 5.26. The number of hydrogen-bond donors (Lipinski definition) is 1. The van der Waals surface area contributed by atoms with Gasteiger partial charge in [0, 0.05) is 33.4 Å². The molecule has 0 saturated carbocycles. The number of H-pyrrole nitrogens is 1. The number of pyridine rings is 2. The topological polar surface area (TPSA) is 59.4 Å². The van der Waals surface area contributed by atoms with Crippen molar-refractivity contribution < 1.29 is 4.74 Å². The zero-order chi connectivity index (χ0) is 17.7. The maximum Gasteiger partial charge on any atom is 0.248 e. The average Bonchev–Trinajstić information content (AvgIpc) is 2.91. The second-order valence-corrected chi connectivity index (χ2v) is 7.44. The van der Waals surface area contributed by atoms with Gasteiger partial charge in [-0.15, -0.1) is 17.0 Å². The Morgan fingerprint density at radius 2 is 1.96 bits per heavy atom. The molecule has 0 amide bonds. The van der Waals surface area contributed by atoms with Crippen LogP contribution in [0, 0.1) is 6.92 Å². The van der Waals surface area contributed by atoms with Gasteiger partial charge in [-0.05, 0) is 63.0 Å². The summed E-state index contributed by atoms with van der Waals surface area (Å²) in [6, 6.07) is 9.11. The summed E-state index contributed by atoms with van der Waals surface area (Å²) in [7, 11) is 1.59. The zero-order valence-corrected chi connectivity index (χ0v) is 18.7. The summed E-state index contributed by atoms with van der Waals surface area (Å²) in [5.74, 6) is 0.627. The van der Waals surface area contributed by atoms with Gasteiger partial charge in [-0.1, -0.05) is 0 Å². The first kappa shape index (κ1) is 19.1. The van der Waals surface area contributed by atoms with Crippen molar-refractivity contribution >= 4 is 65.4 Å². The van der Waals surface area contributed by atoms with Crippen LogP contribution in [-0.4, -0.2) is 21.5 Å². The fourth-order valence-electron chi connectivity index (χ4n) is 3.04. The first-order valence-electron chi connectivity index (χ1n) is 7.53. The number of aromatic amines is 1. The van der Waals surface area contributed by atoms with Crippen LogP contribution in [-0.2, 0) is 0 Å². The lowest BCUT2D eigenvalue weighted by atomic mass is 10.0. The number of ether oxygens (including phenoxy) is 1. The van der Waals surface area contributed by atoms with Gasteiger partial charge in [-0.3, -0.25) is 4.79 Å². The first-order valence-corrected chi connectivity index (χ1v) is 9.12. The number of hydrogen-bond acceptors (Lipinski definition) is 3. The van der Waals surface area contributed by atoms with Gasteiger partial charge >= 0.3 is 0 Å². The van der Waals surface area contributed by atoms with Gasteiger partial charge < -0.3 is 14.1 Å². The van der Waals surface area contributed by atoms with Crippen LogP contribution in [0.2, 0.25) is 0 Å². The Morgan fingerprint density at radius 3 is 2.69 bits per heavy atom. The fraction of sp³-hybridized carbons (Fsp3) is 0.111. The second-order valence-electron chi connectivity index (χ2n) is 5.67. The number of benzene rings is 1. The number of aromatic nitrogens is 3. The lowest BCUT2D eigenvalue weighted by Crippen LogP contribution is -2.04. The van der Waals surface area contributed by atoms with Gasteiger partial charge in [-0.25, -0.2) is 4.98 Å². The number of aryl methyl sites for hydroxylation is 1. The minimum absolute atomic E-state index is 0. The summed E-state index contributed by atoms with van der Waals surface area (Å²) < 4.78 is 9.29. The number of imidazole rings is 1. The maximum absolute atomic E-state index is 11.7. The number of rotatable bonds is 2. The minimum Gasteiger partial charge on any atom is -0.495 e. The standard InChI is InChI=1S/C18H13Br2N3O2.BrH/c1-9-16(22-18-13(20)7-10(19)8-23(9)18)11-3-5-14(25-2)17-12(11)4-6-15(24)21-17;/h3-8H,1-2H3,(H,21,24);1H. The summed E-state index contributed by atoms with van der Waals surface area (Å²) in [5, 5.41) is 0.889. The Balaban J connectivity index is 0.00000196. The molecule has 26 heavy (non-hydrogen) atoms. The molecule has 5 nitrogen and oxygen atoms in total. The van der Waals surface area contributed by atoms with E-state index < -0.39 is 0 Å². The van der Waals surface area contributed by atoms with Crippen LogP contribution in [0.15, 0.2) is 50.3 Å². The van der Waals surface area contributed by atoms with E-state index in [9.17, 15) is 4.79 Å². The molecule has 3 aromatic heterocycles. The molecule has 1 N–H and O–H groups in total. The molecule has 0 aliphatic rings. The van der Waals surface area contributed by atoms with Crippen LogP contribution in [0.3, 0.4) is 0 Å². The molecular formula is C18H14Br3N3O2. The molecule has 4 rings (SSSR count). The molecule has 0 aliphatic carbocycles. The Hall–Kier alpha value is -1.64. The first-order chi connectivity index (χ1) is 12.0. The number of nitrogens with zero attached hydrogens (tertiary/aromatic N) is 2. The summed E-state index contributed by atoms with van der Waals surface area (Å²) in [5.41, 5.74) is 4.15. The lowest BCUT2D eigenvalue weighted by molar-refractivity contribution is 0.419. The SMILES string of the molecule is Br.COc1ccc(-c2nc3c(Br)cc(Br)cn3c2C)c2ccc(=O)[nH]c12.